The Bertz CT molecular complexity index is 462. The number of rotatable bonds is 2. The molecule has 0 nitrogen and oxygen atoms in total. The van der Waals surface area contributed by atoms with Gasteiger partial charge < -0.3 is 0 Å². The predicted molar refractivity (Wildman–Crippen MR) is 68.5 cm³/mol. The average Bonchev–Trinajstić information content (AvgIpc) is 2.58. The normalized spacial score (nSPS) is 11.1. The first-order valence-electron chi connectivity index (χ1n) is 4.51. The Morgan fingerprint density at radius 3 is 2.79 bits per heavy atom. The van der Waals surface area contributed by atoms with Crippen LogP contribution in [0.1, 0.15) is 17.4 Å². The summed E-state index contributed by atoms with van der Waals surface area (Å²) >= 11 is 11.2. The van der Waals surface area contributed by atoms with E-state index in [9.17, 15) is 0 Å². The van der Waals surface area contributed by atoms with E-state index < -0.39 is 0 Å². The van der Waals surface area contributed by atoms with Gasteiger partial charge in [0.1, 0.15) is 0 Å². The van der Waals surface area contributed by atoms with E-state index in [1.165, 1.54) is 20.5 Å². The molecule has 0 fully saturated rings. The van der Waals surface area contributed by atoms with E-state index in [1.807, 2.05) is 11.3 Å². The summed E-state index contributed by atoms with van der Waals surface area (Å²) in [6, 6.07) is 6.58. The van der Waals surface area contributed by atoms with Gasteiger partial charge in [0.2, 0.25) is 0 Å². The Morgan fingerprint density at radius 1 is 1.36 bits per heavy atom. The third-order valence-electron chi connectivity index (χ3n) is 2.23. The number of halogens is 2. The maximum absolute atomic E-state index is 5.85. The minimum atomic E-state index is 0.563. The molecule has 0 radical (unpaired) electrons. The van der Waals surface area contributed by atoms with E-state index in [0.29, 0.717) is 5.88 Å². The van der Waals surface area contributed by atoms with Gasteiger partial charge >= 0.3 is 0 Å². The summed E-state index contributed by atoms with van der Waals surface area (Å²) in [6.45, 7) is 2.18. The molecule has 0 amide bonds. The fourth-order valence-corrected chi connectivity index (χ4v) is 3.48. The van der Waals surface area contributed by atoms with Crippen LogP contribution >= 0.6 is 38.9 Å². The molecule has 74 valence electrons. The third-order valence-corrected chi connectivity index (χ3v) is 4.50. The smallest absolute Gasteiger partial charge is 0.0485 e. The van der Waals surface area contributed by atoms with E-state index in [4.69, 9.17) is 11.6 Å². The van der Waals surface area contributed by atoms with E-state index in [1.54, 1.807) is 0 Å². The predicted octanol–water partition coefficient (Wildman–Crippen LogP) is 4.97. The molecule has 14 heavy (non-hydrogen) atoms. The van der Waals surface area contributed by atoms with Gasteiger partial charge in [0, 0.05) is 19.9 Å². The quantitative estimate of drug-likeness (QED) is 0.685. The van der Waals surface area contributed by atoms with Crippen molar-refractivity contribution in [1.82, 2.24) is 0 Å². The number of fused-ring (bicyclic) bond motifs is 1. The minimum Gasteiger partial charge on any atom is -0.140 e. The first-order chi connectivity index (χ1) is 6.74. The van der Waals surface area contributed by atoms with Crippen molar-refractivity contribution in [3.8, 4) is 0 Å². The summed E-state index contributed by atoms with van der Waals surface area (Å²) in [5.74, 6) is 0.563. The first kappa shape index (κ1) is 10.5. The zero-order valence-electron chi connectivity index (χ0n) is 7.81. The maximum atomic E-state index is 5.85. The Hall–Kier alpha value is -0.0500. The molecular formula is C11H10BrClS. The van der Waals surface area contributed by atoms with Gasteiger partial charge in [-0.15, -0.1) is 22.9 Å². The van der Waals surface area contributed by atoms with Crippen LogP contribution in [0.4, 0.5) is 0 Å². The SMILES string of the molecule is CCc1cc2cc(CCl)c(Br)cc2s1. The monoisotopic (exact) mass is 288 g/mol. The summed E-state index contributed by atoms with van der Waals surface area (Å²) in [5.41, 5.74) is 1.17. The van der Waals surface area contributed by atoms with Gasteiger partial charge in [0.15, 0.2) is 0 Å². The number of aryl methyl sites for hydroxylation is 1. The largest absolute Gasteiger partial charge is 0.140 e. The number of alkyl halides is 1. The number of hydrogen-bond acceptors (Lipinski definition) is 1. The minimum absolute atomic E-state index is 0.563. The summed E-state index contributed by atoms with van der Waals surface area (Å²) < 4.78 is 2.45. The van der Waals surface area contributed by atoms with Crippen LogP contribution in [0.3, 0.4) is 0 Å². The van der Waals surface area contributed by atoms with Crippen LogP contribution in [0.15, 0.2) is 22.7 Å². The molecule has 3 heteroatoms. The standard InChI is InChI=1S/C11H10BrClS/c1-2-9-4-7-3-8(6-13)10(12)5-11(7)14-9/h3-5H,2,6H2,1H3. The van der Waals surface area contributed by atoms with Gasteiger partial charge in [0.25, 0.3) is 0 Å². The topological polar surface area (TPSA) is 0 Å². The van der Waals surface area contributed by atoms with Gasteiger partial charge in [0.05, 0.1) is 0 Å². The van der Waals surface area contributed by atoms with Crippen molar-refractivity contribution in [2.75, 3.05) is 0 Å². The number of benzene rings is 1. The average molecular weight is 290 g/mol. The van der Waals surface area contributed by atoms with Crippen molar-refractivity contribution < 1.29 is 0 Å². The molecule has 0 unspecified atom stereocenters. The molecule has 1 aromatic heterocycles. The van der Waals surface area contributed by atoms with Crippen LogP contribution < -0.4 is 0 Å². The Kier molecular flexibility index (Phi) is 3.15. The molecule has 0 aliphatic carbocycles. The fraction of sp³-hybridized carbons (Fsp3) is 0.273. The van der Waals surface area contributed by atoms with Gasteiger partial charge in [-0.2, -0.15) is 0 Å². The highest BCUT2D eigenvalue weighted by molar-refractivity contribution is 9.10. The molecule has 0 bridgehead atoms. The third kappa shape index (κ3) is 1.83. The fourth-order valence-electron chi connectivity index (χ4n) is 1.44. The van der Waals surface area contributed by atoms with Gasteiger partial charge in [-0.1, -0.05) is 22.9 Å². The van der Waals surface area contributed by atoms with Crippen molar-refractivity contribution in [2.24, 2.45) is 0 Å². The first-order valence-corrected chi connectivity index (χ1v) is 6.65. The second-order valence-corrected chi connectivity index (χ2v) is 5.47. The lowest BCUT2D eigenvalue weighted by Gasteiger charge is -1.99. The Labute approximate surface area is 101 Å². The van der Waals surface area contributed by atoms with Crippen molar-refractivity contribution >= 4 is 49.0 Å². The number of thiophene rings is 1. The second-order valence-electron chi connectivity index (χ2n) is 3.18. The lowest BCUT2D eigenvalue weighted by molar-refractivity contribution is 1.19. The van der Waals surface area contributed by atoms with Crippen molar-refractivity contribution in [2.45, 2.75) is 19.2 Å². The molecule has 0 atom stereocenters. The van der Waals surface area contributed by atoms with Crippen molar-refractivity contribution in [1.29, 1.82) is 0 Å². The van der Waals surface area contributed by atoms with Gasteiger partial charge in [-0.3, -0.25) is 0 Å². The maximum Gasteiger partial charge on any atom is 0.0485 e. The Balaban J connectivity index is 2.64. The Morgan fingerprint density at radius 2 is 2.14 bits per heavy atom. The zero-order chi connectivity index (χ0) is 10.1. The highest BCUT2D eigenvalue weighted by Crippen LogP contribution is 2.31. The molecule has 1 aromatic carbocycles. The molecule has 0 saturated heterocycles. The van der Waals surface area contributed by atoms with Crippen molar-refractivity contribution in [3.63, 3.8) is 0 Å². The van der Waals surface area contributed by atoms with E-state index in [-0.39, 0.29) is 0 Å². The second kappa shape index (κ2) is 4.21. The van der Waals surface area contributed by atoms with E-state index in [0.717, 1.165) is 10.9 Å². The van der Waals surface area contributed by atoms with Crippen LogP contribution in [0, 0.1) is 0 Å². The summed E-state index contributed by atoms with van der Waals surface area (Å²) in [5, 5.41) is 1.31. The molecule has 0 aliphatic rings. The number of hydrogen-bond donors (Lipinski definition) is 0. The molecule has 0 spiro atoms. The summed E-state index contributed by atoms with van der Waals surface area (Å²) in [4.78, 5) is 1.43. The summed E-state index contributed by atoms with van der Waals surface area (Å²) in [6.07, 6.45) is 1.10. The molecule has 0 aliphatic heterocycles. The van der Waals surface area contributed by atoms with E-state index in [2.05, 4.69) is 41.1 Å². The van der Waals surface area contributed by atoms with Crippen LogP contribution in [0.25, 0.3) is 10.1 Å². The lowest BCUT2D eigenvalue weighted by atomic mass is 10.2. The van der Waals surface area contributed by atoms with Crippen molar-refractivity contribution in [3.05, 3.63) is 33.1 Å². The van der Waals surface area contributed by atoms with Gasteiger partial charge in [-0.25, -0.2) is 0 Å². The molecule has 2 rings (SSSR count). The molecule has 2 aromatic rings. The molecule has 0 saturated carbocycles. The van der Waals surface area contributed by atoms with Crippen LogP contribution in [0.2, 0.25) is 0 Å². The molecule has 1 heterocycles. The lowest BCUT2D eigenvalue weighted by Crippen LogP contribution is -1.78. The molecular weight excluding hydrogens is 280 g/mol. The molecule has 0 N–H and O–H groups in total. The van der Waals surface area contributed by atoms with Crippen LogP contribution in [-0.4, -0.2) is 0 Å². The zero-order valence-corrected chi connectivity index (χ0v) is 11.0. The highest BCUT2D eigenvalue weighted by atomic mass is 79.9. The summed E-state index contributed by atoms with van der Waals surface area (Å²) in [7, 11) is 0. The van der Waals surface area contributed by atoms with E-state index >= 15 is 0 Å². The highest BCUT2D eigenvalue weighted by Gasteiger charge is 2.05. The van der Waals surface area contributed by atoms with Gasteiger partial charge in [-0.05, 0) is 35.6 Å². The van der Waals surface area contributed by atoms with Crippen LogP contribution in [0.5, 0.6) is 0 Å². The van der Waals surface area contributed by atoms with Crippen LogP contribution in [-0.2, 0) is 12.3 Å².